The second-order valence-electron chi connectivity index (χ2n) is 10.7. The van der Waals surface area contributed by atoms with E-state index in [0.717, 1.165) is 12.8 Å². The van der Waals surface area contributed by atoms with Crippen LogP contribution < -0.4 is 24.7 Å². The molecule has 11 heteroatoms. The Kier molecular flexibility index (Phi) is 5.66. The summed E-state index contributed by atoms with van der Waals surface area (Å²) in [5, 5.41) is 9.54. The van der Waals surface area contributed by atoms with Crippen molar-refractivity contribution in [3.05, 3.63) is 58.4 Å². The maximum Gasteiger partial charge on any atom is 0.414 e. The van der Waals surface area contributed by atoms with Crippen LogP contribution in [-0.2, 0) is 4.74 Å². The molecule has 3 aliphatic heterocycles. The van der Waals surface area contributed by atoms with Crippen LogP contribution in [0.25, 0.3) is 10.9 Å². The molecular weight excluding hydrogens is 512 g/mol. The minimum absolute atomic E-state index is 0.000931. The summed E-state index contributed by atoms with van der Waals surface area (Å²) < 4.78 is 49.3. The van der Waals surface area contributed by atoms with Crippen molar-refractivity contribution in [3.8, 4) is 11.5 Å². The number of hydrogen-bond acceptors (Lipinski definition) is 7. The van der Waals surface area contributed by atoms with Crippen molar-refractivity contribution in [2.45, 2.75) is 37.5 Å². The number of aromatic nitrogens is 1. The molecule has 3 fully saturated rings. The van der Waals surface area contributed by atoms with Gasteiger partial charge in [0.25, 0.3) is 0 Å². The second-order valence-corrected chi connectivity index (χ2v) is 10.7. The van der Waals surface area contributed by atoms with Gasteiger partial charge in [-0.1, -0.05) is 0 Å². The zero-order valence-electron chi connectivity index (χ0n) is 21.0. The first-order valence-corrected chi connectivity index (χ1v) is 13.2. The molecule has 2 saturated heterocycles. The number of anilines is 2. The number of halogens is 2. The Morgan fingerprint density at radius 3 is 2.64 bits per heavy atom. The first-order chi connectivity index (χ1) is 18.9. The van der Waals surface area contributed by atoms with E-state index in [1.807, 2.05) is 9.47 Å². The Balaban J connectivity index is 1.09. The first kappa shape index (κ1) is 24.2. The van der Waals surface area contributed by atoms with Crippen LogP contribution in [-0.4, -0.2) is 60.8 Å². The highest BCUT2D eigenvalue weighted by Crippen LogP contribution is 2.47. The van der Waals surface area contributed by atoms with Crippen LogP contribution in [0.4, 0.5) is 25.0 Å². The van der Waals surface area contributed by atoms with Crippen LogP contribution in [0, 0.1) is 17.6 Å². The van der Waals surface area contributed by atoms with Gasteiger partial charge in [-0.3, -0.25) is 9.69 Å². The zero-order valence-corrected chi connectivity index (χ0v) is 21.0. The Bertz CT molecular complexity index is 1540. The number of amides is 1. The molecule has 7 rings (SSSR count). The van der Waals surface area contributed by atoms with E-state index in [2.05, 4.69) is 0 Å². The van der Waals surface area contributed by atoms with Crippen molar-refractivity contribution in [3.63, 3.8) is 0 Å². The molecule has 4 heterocycles. The predicted octanol–water partition coefficient (Wildman–Crippen LogP) is 3.60. The molecule has 0 unspecified atom stereocenters. The minimum atomic E-state index is -0.643. The van der Waals surface area contributed by atoms with Gasteiger partial charge in [0.15, 0.2) is 28.6 Å². The summed E-state index contributed by atoms with van der Waals surface area (Å²) in [6.45, 7) is 0.923. The number of benzene rings is 2. The van der Waals surface area contributed by atoms with E-state index in [0.29, 0.717) is 47.6 Å². The average molecular weight is 540 g/mol. The van der Waals surface area contributed by atoms with Crippen molar-refractivity contribution >= 4 is 28.4 Å². The number of aliphatic hydroxyl groups excluding tert-OH is 1. The van der Waals surface area contributed by atoms with Gasteiger partial charge in [0.1, 0.15) is 18.4 Å². The number of carbonyl (C=O) groups excluding carboxylic acids is 1. The molecule has 1 N–H and O–H groups in total. The zero-order chi connectivity index (χ0) is 26.8. The summed E-state index contributed by atoms with van der Waals surface area (Å²) in [5.41, 5.74) is 1.11. The molecular formula is C28H27F2N3O6. The number of rotatable bonds is 6. The van der Waals surface area contributed by atoms with Crippen molar-refractivity contribution in [1.29, 1.82) is 0 Å². The Hall–Kier alpha value is -3.86. The molecule has 0 bridgehead atoms. The summed E-state index contributed by atoms with van der Waals surface area (Å²) in [4.78, 5) is 27.8. The van der Waals surface area contributed by atoms with Gasteiger partial charge in [-0.05, 0) is 37.5 Å². The van der Waals surface area contributed by atoms with E-state index in [9.17, 15) is 19.1 Å². The first-order valence-electron chi connectivity index (χ1n) is 13.2. The summed E-state index contributed by atoms with van der Waals surface area (Å²) in [6.07, 6.45) is 3.20. The van der Waals surface area contributed by atoms with E-state index in [4.69, 9.17) is 14.2 Å². The molecule has 2 aromatic carbocycles. The number of fused-ring (bicyclic) bond motifs is 5. The van der Waals surface area contributed by atoms with Crippen LogP contribution in [0.1, 0.15) is 25.3 Å². The quantitative estimate of drug-likeness (QED) is 0.512. The molecule has 0 radical (unpaired) electrons. The van der Waals surface area contributed by atoms with Gasteiger partial charge in [0.05, 0.1) is 42.4 Å². The summed E-state index contributed by atoms with van der Waals surface area (Å²) in [5.74, 6) is -0.637. The maximum absolute atomic E-state index is 15.4. The molecule has 0 spiro atoms. The number of ether oxygens (including phenoxy) is 3. The molecule has 204 valence electrons. The van der Waals surface area contributed by atoms with Crippen LogP contribution in [0.3, 0.4) is 0 Å². The number of cyclic esters (lactones) is 1. The average Bonchev–Trinajstić information content (AvgIpc) is 3.57. The van der Waals surface area contributed by atoms with Gasteiger partial charge in [0, 0.05) is 36.8 Å². The monoisotopic (exact) mass is 539 g/mol. The van der Waals surface area contributed by atoms with Crippen molar-refractivity contribution < 1.29 is 32.9 Å². The molecule has 1 aliphatic carbocycles. The predicted molar refractivity (Wildman–Crippen MR) is 138 cm³/mol. The van der Waals surface area contributed by atoms with Gasteiger partial charge >= 0.3 is 6.09 Å². The molecule has 3 atom stereocenters. The van der Waals surface area contributed by atoms with Gasteiger partial charge in [-0.15, -0.1) is 0 Å². The standard InChI is InChI=1S/C28H27F2N3O6/c29-21-8-17(33-11-19(12-34)39-28(33)36)3-4-24(21)37-13-15-7-18-14-38-27-25-20(9-22(30)26(27)32(18)10-15)23(35)5-6-31(25)16-1-2-16/h3-6,8-9,15-16,18-19,34H,1-2,7,10-14H2/t15-,18-,19+/m0/s1. The number of hydrogen-bond donors (Lipinski definition) is 1. The fourth-order valence-corrected chi connectivity index (χ4v) is 5.98. The largest absolute Gasteiger partial charge is 0.490 e. The van der Waals surface area contributed by atoms with Gasteiger partial charge < -0.3 is 28.8 Å². The van der Waals surface area contributed by atoms with E-state index in [-0.39, 0.29) is 48.9 Å². The lowest BCUT2D eigenvalue weighted by Gasteiger charge is -2.34. The van der Waals surface area contributed by atoms with Gasteiger partial charge in [-0.25, -0.2) is 13.6 Å². The molecule has 39 heavy (non-hydrogen) atoms. The minimum Gasteiger partial charge on any atom is -0.490 e. The van der Waals surface area contributed by atoms with Crippen LogP contribution in [0.5, 0.6) is 11.5 Å². The SMILES string of the molecule is O=C1O[C@@H](CO)CN1c1ccc(OC[C@H]2C[C@H]3COc4c(c(F)cc5c(=O)ccn(C6CC6)c45)N3C2)c(F)c1. The Morgan fingerprint density at radius 1 is 1.05 bits per heavy atom. The fourth-order valence-electron chi connectivity index (χ4n) is 5.98. The number of nitrogens with zero attached hydrogens (tertiary/aromatic N) is 3. The third-order valence-electron chi connectivity index (χ3n) is 8.02. The van der Waals surface area contributed by atoms with Crippen molar-refractivity contribution in [2.75, 3.05) is 42.7 Å². The van der Waals surface area contributed by atoms with Crippen LogP contribution >= 0.6 is 0 Å². The molecule has 3 aromatic rings. The normalized spacial score (nSPS) is 24.0. The lowest BCUT2D eigenvalue weighted by Crippen LogP contribution is -2.39. The smallest absolute Gasteiger partial charge is 0.414 e. The third kappa shape index (κ3) is 4.07. The third-order valence-corrected chi connectivity index (χ3v) is 8.02. The van der Waals surface area contributed by atoms with E-state index < -0.39 is 23.8 Å². The Labute approximate surface area is 222 Å². The summed E-state index contributed by atoms with van der Waals surface area (Å²) in [6, 6.07) is 7.28. The van der Waals surface area contributed by atoms with E-state index in [1.54, 1.807) is 12.3 Å². The summed E-state index contributed by atoms with van der Waals surface area (Å²) in [7, 11) is 0. The highest BCUT2D eigenvalue weighted by Gasteiger charge is 2.41. The number of carbonyl (C=O) groups is 1. The maximum atomic E-state index is 15.4. The summed E-state index contributed by atoms with van der Waals surface area (Å²) >= 11 is 0. The lowest BCUT2D eigenvalue weighted by molar-refractivity contribution is 0.0963. The molecule has 1 saturated carbocycles. The highest BCUT2D eigenvalue weighted by atomic mass is 19.1. The second kappa shape index (κ2) is 9.11. The molecule has 9 nitrogen and oxygen atoms in total. The fraction of sp³-hybridized carbons (Fsp3) is 0.429. The van der Waals surface area contributed by atoms with Crippen molar-refractivity contribution in [2.24, 2.45) is 5.92 Å². The Morgan fingerprint density at radius 2 is 1.90 bits per heavy atom. The van der Waals surface area contributed by atoms with E-state index >= 15 is 4.39 Å². The van der Waals surface area contributed by atoms with Crippen LogP contribution in [0.15, 0.2) is 41.3 Å². The van der Waals surface area contributed by atoms with Crippen molar-refractivity contribution in [1.82, 2.24) is 4.57 Å². The van der Waals surface area contributed by atoms with Gasteiger partial charge in [0.2, 0.25) is 0 Å². The number of pyridine rings is 1. The lowest BCUT2D eigenvalue weighted by atomic mass is 10.1. The van der Waals surface area contributed by atoms with Gasteiger partial charge in [-0.2, -0.15) is 0 Å². The molecule has 1 amide bonds. The van der Waals surface area contributed by atoms with E-state index in [1.165, 1.54) is 29.2 Å². The molecule has 1 aromatic heterocycles. The molecule has 4 aliphatic rings. The van der Waals surface area contributed by atoms with Crippen LogP contribution in [0.2, 0.25) is 0 Å². The number of aliphatic hydroxyl groups is 1. The highest BCUT2D eigenvalue weighted by molar-refractivity contribution is 5.92. The topological polar surface area (TPSA) is 93.5 Å².